The summed E-state index contributed by atoms with van der Waals surface area (Å²) in [6.45, 7) is 8.45. The number of aromatic nitrogens is 2. The van der Waals surface area contributed by atoms with Crippen LogP contribution in [0.25, 0.3) is 5.69 Å². The predicted octanol–water partition coefficient (Wildman–Crippen LogP) is 3.15. The van der Waals surface area contributed by atoms with Crippen LogP contribution >= 0.6 is 12.4 Å². The first-order valence-corrected chi connectivity index (χ1v) is 8.65. The third kappa shape index (κ3) is 3.88. The Kier molecular flexibility index (Phi) is 6.25. The summed E-state index contributed by atoms with van der Waals surface area (Å²) in [4.78, 5) is 14.9. The first kappa shape index (κ1) is 19.5. The van der Waals surface area contributed by atoms with Crippen LogP contribution in [0.1, 0.15) is 47.8 Å². The Bertz CT molecular complexity index is 724. The van der Waals surface area contributed by atoms with Gasteiger partial charge < -0.3 is 10.6 Å². The molecule has 1 aromatic heterocycles. The maximum atomic E-state index is 13.0. The SMILES string of the molecule is Cc1ccc(-n2ncc(C(=O)N3CCC(CN)C3)c2C(C)C)cc1.Cl. The highest BCUT2D eigenvalue weighted by molar-refractivity contribution is 5.95. The molecule has 1 unspecified atom stereocenters. The number of rotatable bonds is 4. The Hall–Kier alpha value is -1.85. The van der Waals surface area contributed by atoms with E-state index in [9.17, 15) is 4.79 Å². The zero-order chi connectivity index (χ0) is 17.3. The van der Waals surface area contributed by atoms with E-state index in [2.05, 4.69) is 38.0 Å². The van der Waals surface area contributed by atoms with Gasteiger partial charge in [-0.25, -0.2) is 4.68 Å². The lowest BCUT2D eigenvalue weighted by atomic mass is 10.0. The summed E-state index contributed by atoms with van der Waals surface area (Å²) in [6.07, 6.45) is 2.71. The molecule has 3 rings (SSSR count). The molecule has 0 saturated carbocycles. The normalized spacial score (nSPS) is 17.0. The van der Waals surface area contributed by atoms with Crippen LogP contribution in [0.2, 0.25) is 0 Å². The number of amides is 1. The van der Waals surface area contributed by atoms with Crippen molar-refractivity contribution in [1.29, 1.82) is 0 Å². The van der Waals surface area contributed by atoms with Crippen LogP contribution < -0.4 is 5.73 Å². The monoisotopic (exact) mass is 362 g/mol. The molecular weight excluding hydrogens is 336 g/mol. The van der Waals surface area contributed by atoms with Gasteiger partial charge in [0.25, 0.3) is 5.91 Å². The topological polar surface area (TPSA) is 64.2 Å². The van der Waals surface area contributed by atoms with Crippen LogP contribution in [-0.2, 0) is 0 Å². The molecular formula is C19H27ClN4O. The molecule has 5 nitrogen and oxygen atoms in total. The minimum Gasteiger partial charge on any atom is -0.338 e. The number of hydrogen-bond acceptors (Lipinski definition) is 3. The number of nitrogens with zero attached hydrogens (tertiary/aromatic N) is 3. The fourth-order valence-electron chi connectivity index (χ4n) is 3.35. The van der Waals surface area contributed by atoms with Crippen molar-refractivity contribution in [3.63, 3.8) is 0 Å². The van der Waals surface area contributed by atoms with Gasteiger partial charge in [-0.3, -0.25) is 4.79 Å². The highest BCUT2D eigenvalue weighted by Gasteiger charge is 2.29. The van der Waals surface area contributed by atoms with E-state index >= 15 is 0 Å². The Balaban J connectivity index is 0.00000225. The lowest BCUT2D eigenvalue weighted by molar-refractivity contribution is 0.0786. The van der Waals surface area contributed by atoms with E-state index in [-0.39, 0.29) is 24.2 Å². The smallest absolute Gasteiger partial charge is 0.257 e. The summed E-state index contributed by atoms with van der Waals surface area (Å²) in [7, 11) is 0. The minimum atomic E-state index is 0. The number of carbonyl (C=O) groups is 1. The van der Waals surface area contributed by atoms with Crippen molar-refractivity contribution in [2.24, 2.45) is 11.7 Å². The maximum Gasteiger partial charge on any atom is 0.257 e. The van der Waals surface area contributed by atoms with Crippen LogP contribution in [-0.4, -0.2) is 40.2 Å². The van der Waals surface area contributed by atoms with Crippen molar-refractivity contribution in [2.75, 3.05) is 19.6 Å². The first-order chi connectivity index (χ1) is 11.5. The van der Waals surface area contributed by atoms with Crippen LogP contribution in [0.3, 0.4) is 0 Å². The standard InChI is InChI=1S/C19H26N4O.ClH/c1-13(2)18-17(19(24)22-9-8-15(10-20)12-22)11-21-23(18)16-6-4-14(3)5-7-16;/h4-7,11,13,15H,8-10,12,20H2,1-3H3;1H. The number of nitrogens with two attached hydrogens (primary N) is 1. The van der Waals surface area contributed by atoms with E-state index in [1.165, 1.54) is 5.56 Å². The Morgan fingerprint density at radius 1 is 1.32 bits per heavy atom. The van der Waals surface area contributed by atoms with Crippen molar-refractivity contribution in [1.82, 2.24) is 14.7 Å². The molecule has 1 fully saturated rings. The largest absolute Gasteiger partial charge is 0.338 e. The fraction of sp³-hybridized carbons (Fsp3) is 0.474. The van der Waals surface area contributed by atoms with Gasteiger partial charge in [0, 0.05) is 13.1 Å². The van der Waals surface area contributed by atoms with E-state index in [1.807, 2.05) is 21.7 Å². The highest BCUT2D eigenvalue weighted by Crippen LogP contribution is 2.26. The maximum absolute atomic E-state index is 13.0. The number of halogens is 1. The zero-order valence-corrected chi connectivity index (χ0v) is 15.9. The molecule has 136 valence electrons. The number of likely N-dealkylation sites (tertiary alicyclic amines) is 1. The van der Waals surface area contributed by atoms with Crippen LogP contribution in [0, 0.1) is 12.8 Å². The molecule has 6 heteroatoms. The molecule has 1 saturated heterocycles. The second-order valence-corrected chi connectivity index (χ2v) is 6.99. The van der Waals surface area contributed by atoms with Crippen molar-refractivity contribution >= 4 is 18.3 Å². The van der Waals surface area contributed by atoms with Gasteiger partial charge >= 0.3 is 0 Å². The first-order valence-electron chi connectivity index (χ1n) is 8.65. The van der Waals surface area contributed by atoms with Crippen molar-refractivity contribution in [3.05, 3.63) is 47.3 Å². The summed E-state index contributed by atoms with van der Waals surface area (Å²) in [5, 5.41) is 4.51. The molecule has 2 aromatic rings. The van der Waals surface area contributed by atoms with E-state index in [0.29, 0.717) is 18.0 Å². The van der Waals surface area contributed by atoms with Gasteiger partial charge in [0.1, 0.15) is 0 Å². The number of hydrogen-bond donors (Lipinski definition) is 1. The lowest BCUT2D eigenvalue weighted by Gasteiger charge is -2.18. The molecule has 0 radical (unpaired) electrons. The average molecular weight is 363 g/mol. The third-order valence-electron chi connectivity index (χ3n) is 4.77. The van der Waals surface area contributed by atoms with E-state index in [4.69, 9.17) is 5.73 Å². The summed E-state index contributed by atoms with van der Waals surface area (Å²) in [6, 6.07) is 8.22. The third-order valence-corrected chi connectivity index (χ3v) is 4.77. The quantitative estimate of drug-likeness (QED) is 0.908. The molecule has 1 aliphatic rings. The molecule has 1 atom stereocenters. The lowest BCUT2D eigenvalue weighted by Crippen LogP contribution is -2.30. The summed E-state index contributed by atoms with van der Waals surface area (Å²) in [5.41, 5.74) is 9.63. The average Bonchev–Trinajstić information content (AvgIpc) is 3.22. The second-order valence-electron chi connectivity index (χ2n) is 6.99. The molecule has 1 amide bonds. The van der Waals surface area contributed by atoms with E-state index < -0.39 is 0 Å². The second kappa shape index (κ2) is 8.02. The molecule has 1 aliphatic heterocycles. The molecule has 25 heavy (non-hydrogen) atoms. The van der Waals surface area contributed by atoms with Gasteiger partial charge in [0.15, 0.2) is 0 Å². The highest BCUT2D eigenvalue weighted by atomic mass is 35.5. The van der Waals surface area contributed by atoms with Gasteiger partial charge in [-0.05, 0) is 43.9 Å². The van der Waals surface area contributed by atoms with Gasteiger partial charge in [-0.2, -0.15) is 5.10 Å². The van der Waals surface area contributed by atoms with Gasteiger partial charge in [-0.15, -0.1) is 12.4 Å². The Morgan fingerprint density at radius 2 is 2.00 bits per heavy atom. The van der Waals surface area contributed by atoms with Crippen LogP contribution in [0.4, 0.5) is 0 Å². The molecule has 0 spiro atoms. The number of aryl methyl sites for hydroxylation is 1. The minimum absolute atomic E-state index is 0. The Labute approximate surface area is 155 Å². The van der Waals surface area contributed by atoms with Crippen LogP contribution in [0.15, 0.2) is 30.5 Å². The fourth-order valence-corrected chi connectivity index (χ4v) is 3.35. The summed E-state index contributed by atoms with van der Waals surface area (Å²) < 4.78 is 1.90. The molecule has 0 bridgehead atoms. The van der Waals surface area contributed by atoms with Gasteiger partial charge in [-0.1, -0.05) is 31.5 Å². The Morgan fingerprint density at radius 3 is 2.56 bits per heavy atom. The van der Waals surface area contributed by atoms with Gasteiger partial charge in [0.05, 0.1) is 23.1 Å². The molecule has 1 aromatic carbocycles. The zero-order valence-electron chi connectivity index (χ0n) is 15.1. The molecule has 2 N–H and O–H groups in total. The predicted molar refractivity (Wildman–Crippen MR) is 103 cm³/mol. The number of carbonyl (C=O) groups excluding carboxylic acids is 1. The van der Waals surface area contributed by atoms with E-state index in [0.717, 1.165) is 30.9 Å². The van der Waals surface area contributed by atoms with Crippen molar-refractivity contribution < 1.29 is 4.79 Å². The number of benzene rings is 1. The molecule has 2 heterocycles. The van der Waals surface area contributed by atoms with Gasteiger partial charge in [0.2, 0.25) is 0 Å². The van der Waals surface area contributed by atoms with Crippen molar-refractivity contribution in [3.8, 4) is 5.69 Å². The van der Waals surface area contributed by atoms with Crippen molar-refractivity contribution in [2.45, 2.75) is 33.1 Å². The molecule has 0 aliphatic carbocycles. The summed E-state index contributed by atoms with van der Waals surface area (Å²) in [5.74, 6) is 0.706. The van der Waals surface area contributed by atoms with E-state index in [1.54, 1.807) is 6.20 Å². The van der Waals surface area contributed by atoms with Crippen LogP contribution in [0.5, 0.6) is 0 Å². The summed E-state index contributed by atoms with van der Waals surface area (Å²) >= 11 is 0.